The Morgan fingerprint density at radius 1 is 1.36 bits per heavy atom. The van der Waals surface area contributed by atoms with E-state index in [1.807, 2.05) is 17.9 Å². The van der Waals surface area contributed by atoms with E-state index in [9.17, 15) is 0 Å². The first-order chi connectivity index (χ1) is 6.77. The lowest BCUT2D eigenvalue weighted by Gasteiger charge is -2.18. The maximum Gasteiger partial charge on any atom is 0.0670 e. The van der Waals surface area contributed by atoms with Crippen LogP contribution in [0.2, 0.25) is 0 Å². The highest BCUT2D eigenvalue weighted by Crippen LogP contribution is 2.29. The molecule has 78 valence electrons. The molecule has 2 unspecified atom stereocenters. The number of aryl methyl sites for hydroxylation is 1. The average Bonchev–Trinajstić information content (AvgIpc) is 2.46. The van der Waals surface area contributed by atoms with Crippen molar-refractivity contribution in [3.05, 3.63) is 18.0 Å². The fourth-order valence-electron chi connectivity index (χ4n) is 2.33. The Balaban J connectivity index is 2.14. The highest BCUT2D eigenvalue weighted by atomic mass is 15.2. The summed E-state index contributed by atoms with van der Waals surface area (Å²) in [5, 5.41) is 4.46. The van der Waals surface area contributed by atoms with Crippen LogP contribution in [-0.4, -0.2) is 15.8 Å². The van der Waals surface area contributed by atoms with E-state index in [0.29, 0.717) is 12.0 Å². The number of aromatic nitrogens is 2. The van der Waals surface area contributed by atoms with Gasteiger partial charge in [0.05, 0.1) is 5.69 Å². The van der Waals surface area contributed by atoms with E-state index < -0.39 is 0 Å². The summed E-state index contributed by atoms with van der Waals surface area (Å²) < 4.78 is 1.87. The number of rotatable bonds is 1. The third-order valence-corrected chi connectivity index (χ3v) is 3.18. The molecule has 0 spiro atoms. The summed E-state index contributed by atoms with van der Waals surface area (Å²) >= 11 is 0. The SMILES string of the molecule is Cn1ccc(C2CCCCCC2N)n1. The maximum atomic E-state index is 6.17. The molecule has 0 aliphatic heterocycles. The first-order valence-corrected chi connectivity index (χ1v) is 5.52. The lowest BCUT2D eigenvalue weighted by atomic mass is 9.92. The monoisotopic (exact) mass is 193 g/mol. The van der Waals surface area contributed by atoms with Gasteiger partial charge in [0.25, 0.3) is 0 Å². The van der Waals surface area contributed by atoms with E-state index in [4.69, 9.17) is 5.73 Å². The van der Waals surface area contributed by atoms with Crippen LogP contribution in [0.3, 0.4) is 0 Å². The van der Waals surface area contributed by atoms with Crippen molar-refractivity contribution in [3.63, 3.8) is 0 Å². The number of hydrogen-bond donors (Lipinski definition) is 1. The highest BCUT2D eigenvalue weighted by Gasteiger charge is 2.23. The molecule has 1 saturated carbocycles. The molecule has 0 saturated heterocycles. The molecular weight excluding hydrogens is 174 g/mol. The van der Waals surface area contributed by atoms with Crippen LogP contribution >= 0.6 is 0 Å². The normalized spacial score (nSPS) is 28.7. The van der Waals surface area contributed by atoms with Gasteiger partial charge in [-0.25, -0.2) is 0 Å². The standard InChI is InChI=1S/C11H19N3/c1-14-8-7-11(13-14)9-5-3-2-4-6-10(9)12/h7-10H,2-6,12H2,1H3. The van der Waals surface area contributed by atoms with Gasteiger partial charge >= 0.3 is 0 Å². The fraction of sp³-hybridized carbons (Fsp3) is 0.727. The molecule has 2 rings (SSSR count). The summed E-state index contributed by atoms with van der Waals surface area (Å²) in [7, 11) is 1.96. The first-order valence-electron chi connectivity index (χ1n) is 5.52. The fourth-order valence-corrected chi connectivity index (χ4v) is 2.33. The predicted molar refractivity (Wildman–Crippen MR) is 57.0 cm³/mol. The largest absolute Gasteiger partial charge is 0.327 e. The van der Waals surface area contributed by atoms with Crippen molar-refractivity contribution in [2.75, 3.05) is 0 Å². The highest BCUT2D eigenvalue weighted by molar-refractivity contribution is 5.10. The van der Waals surface area contributed by atoms with Crippen LogP contribution in [0, 0.1) is 0 Å². The van der Waals surface area contributed by atoms with Crippen molar-refractivity contribution < 1.29 is 0 Å². The molecule has 1 heterocycles. The van der Waals surface area contributed by atoms with Crippen LogP contribution in [0.1, 0.15) is 43.7 Å². The molecule has 0 amide bonds. The zero-order valence-corrected chi connectivity index (χ0v) is 8.82. The molecular formula is C11H19N3. The van der Waals surface area contributed by atoms with E-state index in [1.165, 1.54) is 31.4 Å². The van der Waals surface area contributed by atoms with Crippen molar-refractivity contribution in [2.45, 2.75) is 44.1 Å². The lowest BCUT2D eigenvalue weighted by molar-refractivity contribution is 0.489. The smallest absolute Gasteiger partial charge is 0.0670 e. The van der Waals surface area contributed by atoms with Gasteiger partial charge in [-0.2, -0.15) is 5.10 Å². The van der Waals surface area contributed by atoms with Crippen LogP contribution < -0.4 is 5.73 Å². The van der Waals surface area contributed by atoms with E-state index in [1.54, 1.807) is 0 Å². The third-order valence-electron chi connectivity index (χ3n) is 3.18. The number of nitrogens with zero attached hydrogens (tertiary/aromatic N) is 2. The molecule has 3 nitrogen and oxygen atoms in total. The molecule has 0 bridgehead atoms. The molecule has 1 aromatic rings. The van der Waals surface area contributed by atoms with E-state index in [2.05, 4.69) is 11.2 Å². The molecule has 1 aromatic heterocycles. The van der Waals surface area contributed by atoms with Crippen molar-refractivity contribution in [1.82, 2.24) is 9.78 Å². The van der Waals surface area contributed by atoms with E-state index in [0.717, 1.165) is 6.42 Å². The van der Waals surface area contributed by atoms with Gasteiger partial charge in [0, 0.05) is 25.2 Å². The van der Waals surface area contributed by atoms with Gasteiger partial charge in [-0.1, -0.05) is 19.3 Å². The molecule has 2 N–H and O–H groups in total. The second-order valence-electron chi connectivity index (χ2n) is 4.32. The molecule has 1 aliphatic rings. The number of hydrogen-bond acceptors (Lipinski definition) is 2. The van der Waals surface area contributed by atoms with Crippen molar-refractivity contribution in [2.24, 2.45) is 12.8 Å². The van der Waals surface area contributed by atoms with Gasteiger partial charge < -0.3 is 5.73 Å². The Bertz CT molecular complexity index is 292. The summed E-state index contributed by atoms with van der Waals surface area (Å²) in [5.41, 5.74) is 7.35. The predicted octanol–water partition coefficient (Wildman–Crippen LogP) is 1.80. The minimum Gasteiger partial charge on any atom is -0.327 e. The molecule has 1 aliphatic carbocycles. The summed E-state index contributed by atoms with van der Waals surface area (Å²) in [4.78, 5) is 0. The second-order valence-corrected chi connectivity index (χ2v) is 4.32. The third kappa shape index (κ3) is 1.98. The summed E-state index contributed by atoms with van der Waals surface area (Å²) in [6.07, 6.45) is 8.28. The summed E-state index contributed by atoms with van der Waals surface area (Å²) in [6.45, 7) is 0. The van der Waals surface area contributed by atoms with Crippen molar-refractivity contribution in [1.29, 1.82) is 0 Å². The topological polar surface area (TPSA) is 43.8 Å². The van der Waals surface area contributed by atoms with Crippen LogP contribution in [0.15, 0.2) is 12.3 Å². The Hall–Kier alpha value is -0.830. The van der Waals surface area contributed by atoms with Crippen molar-refractivity contribution in [3.8, 4) is 0 Å². The minimum absolute atomic E-state index is 0.312. The van der Waals surface area contributed by atoms with Crippen LogP contribution in [-0.2, 0) is 7.05 Å². The van der Waals surface area contributed by atoms with Gasteiger partial charge in [0.2, 0.25) is 0 Å². The summed E-state index contributed by atoms with van der Waals surface area (Å²) in [5.74, 6) is 0.485. The molecule has 1 fully saturated rings. The Kier molecular flexibility index (Phi) is 2.87. The molecule has 14 heavy (non-hydrogen) atoms. The molecule has 2 atom stereocenters. The van der Waals surface area contributed by atoms with Gasteiger partial charge in [0.1, 0.15) is 0 Å². The Morgan fingerprint density at radius 3 is 2.86 bits per heavy atom. The lowest BCUT2D eigenvalue weighted by Crippen LogP contribution is -2.27. The average molecular weight is 193 g/mol. The summed E-state index contributed by atoms with van der Waals surface area (Å²) in [6, 6.07) is 2.42. The first kappa shape index (κ1) is 9.71. The van der Waals surface area contributed by atoms with Crippen LogP contribution in [0.5, 0.6) is 0 Å². The van der Waals surface area contributed by atoms with Gasteiger partial charge in [-0.3, -0.25) is 4.68 Å². The van der Waals surface area contributed by atoms with Gasteiger partial charge in [-0.05, 0) is 18.9 Å². The minimum atomic E-state index is 0.312. The van der Waals surface area contributed by atoms with Gasteiger partial charge in [0.15, 0.2) is 0 Å². The van der Waals surface area contributed by atoms with E-state index in [-0.39, 0.29) is 0 Å². The quantitative estimate of drug-likeness (QED) is 0.691. The number of nitrogens with two attached hydrogens (primary N) is 1. The maximum absolute atomic E-state index is 6.17. The molecule has 0 aromatic carbocycles. The zero-order valence-electron chi connectivity index (χ0n) is 8.82. The molecule has 3 heteroatoms. The van der Waals surface area contributed by atoms with E-state index >= 15 is 0 Å². The Labute approximate surface area is 85.3 Å². The zero-order chi connectivity index (χ0) is 9.97. The van der Waals surface area contributed by atoms with Crippen LogP contribution in [0.4, 0.5) is 0 Å². The van der Waals surface area contributed by atoms with Crippen LogP contribution in [0.25, 0.3) is 0 Å². The molecule has 0 radical (unpaired) electrons. The van der Waals surface area contributed by atoms with Gasteiger partial charge in [-0.15, -0.1) is 0 Å². The Morgan fingerprint density at radius 2 is 2.14 bits per heavy atom. The second kappa shape index (κ2) is 4.13. The van der Waals surface area contributed by atoms with Crippen molar-refractivity contribution >= 4 is 0 Å².